The minimum atomic E-state index is -4.39. The van der Waals surface area contributed by atoms with E-state index in [4.69, 9.17) is 0 Å². The van der Waals surface area contributed by atoms with Crippen molar-refractivity contribution in [3.8, 4) is 0 Å². The van der Waals surface area contributed by atoms with E-state index in [0.717, 1.165) is 57.7 Å². The van der Waals surface area contributed by atoms with Gasteiger partial charge < -0.3 is 10.2 Å². The number of alkyl halides is 3. The van der Waals surface area contributed by atoms with Gasteiger partial charge >= 0.3 is 6.18 Å². The zero-order valence-electron chi connectivity index (χ0n) is 14.7. The van der Waals surface area contributed by atoms with Crippen molar-refractivity contribution in [2.75, 3.05) is 13.1 Å². The fraction of sp³-hybridized carbons (Fsp3) is 0.632. The number of amides is 1. The number of hydrogen-bond donors (Lipinski definition) is 1. The number of nitrogens with one attached hydrogen (secondary N) is 1. The lowest BCUT2D eigenvalue weighted by Crippen LogP contribution is -2.45. The fourth-order valence-electron chi connectivity index (χ4n) is 4.02. The summed E-state index contributed by atoms with van der Waals surface area (Å²) >= 11 is 0. The SMILES string of the molecule is Cl.O=C(C1CCNCC1)N(Cc1ccccc1C(F)(F)F)C1CCCC1. The zero-order chi connectivity index (χ0) is 17.9. The molecule has 2 aliphatic rings. The van der Waals surface area contributed by atoms with Crippen LogP contribution in [0.5, 0.6) is 0 Å². The molecule has 1 aromatic carbocycles. The van der Waals surface area contributed by atoms with Gasteiger partial charge in [0.15, 0.2) is 0 Å². The number of benzene rings is 1. The molecular weight excluding hydrogens is 365 g/mol. The molecule has 0 bridgehead atoms. The highest BCUT2D eigenvalue weighted by atomic mass is 35.5. The third kappa shape index (κ3) is 4.92. The normalized spacial score (nSPS) is 19.2. The zero-order valence-corrected chi connectivity index (χ0v) is 15.5. The molecule has 0 unspecified atom stereocenters. The largest absolute Gasteiger partial charge is 0.416 e. The molecule has 146 valence electrons. The molecular formula is C19H26ClF3N2O. The molecule has 3 rings (SSSR count). The van der Waals surface area contributed by atoms with Gasteiger partial charge in [-0.3, -0.25) is 4.79 Å². The predicted octanol–water partition coefficient (Wildman–Crippen LogP) is 4.40. The lowest BCUT2D eigenvalue weighted by molar-refractivity contribution is -0.142. The Bertz CT molecular complexity index is 597. The molecule has 0 aromatic heterocycles. The van der Waals surface area contributed by atoms with Crippen LogP contribution in [-0.2, 0) is 17.5 Å². The second-order valence-electron chi connectivity index (χ2n) is 7.08. The molecule has 0 spiro atoms. The van der Waals surface area contributed by atoms with Gasteiger partial charge in [-0.05, 0) is 50.4 Å². The minimum absolute atomic E-state index is 0. The average molecular weight is 391 g/mol. The Hall–Kier alpha value is -1.27. The van der Waals surface area contributed by atoms with Gasteiger partial charge in [0.1, 0.15) is 0 Å². The second-order valence-corrected chi connectivity index (χ2v) is 7.08. The van der Waals surface area contributed by atoms with Crippen LogP contribution in [0, 0.1) is 5.92 Å². The predicted molar refractivity (Wildman–Crippen MR) is 97.1 cm³/mol. The molecule has 1 N–H and O–H groups in total. The summed E-state index contributed by atoms with van der Waals surface area (Å²) in [7, 11) is 0. The van der Waals surface area contributed by atoms with Crippen molar-refractivity contribution in [3.63, 3.8) is 0 Å². The molecule has 0 radical (unpaired) electrons. The molecule has 1 saturated carbocycles. The summed E-state index contributed by atoms with van der Waals surface area (Å²) < 4.78 is 40.0. The molecule has 1 heterocycles. The van der Waals surface area contributed by atoms with Crippen molar-refractivity contribution in [2.24, 2.45) is 5.92 Å². The number of carbonyl (C=O) groups excluding carboxylic acids is 1. The van der Waals surface area contributed by atoms with Crippen molar-refractivity contribution in [2.45, 2.75) is 57.3 Å². The first-order valence-corrected chi connectivity index (χ1v) is 9.13. The summed E-state index contributed by atoms with van der Waals surface area (Å²) in [4.78, 5) is 14.8. The van der Waals surface area contributed by atoms with Crippen LogP contribution in [0.2, 0.25) is 0 Å². The first-order valence-electron chi connectivity index (χ1n) is 9.13. The van der Waals surface area contributed by atoms with Crippen molar-refractivity contribution < 1.29 is 18.0 Å². The van der Waals surface area contributed by atoms with E-state index in [1.807, 2.05) is 0 Å². The van der Waals surface area contributed by atoms with Crippen molar-refractivity contribution in [3.05, 3.63) is 35.4 Å². The third-order valence-electron chi connectivity index (χ3n) is 5.40. The first-order chi connectivity index (χ1) is 12.0. The van der Waals surface area contributed by atoms with E-state index in [2.05, 4.69) is 5.32 Å². The van der Waals surface area contributed by atoms with Gasteiger partial charge in [-0.15, -0.1) is 12.4 Å². The summed E-state index contributed by atoms with van der Waals surface area (Å²) in [5.41, 5.74) is -0.430. The van der Waals surface area contributed by atoms with E-state index in [0.29, 0.717) is 0 Å². The molecule has 26 heavy (non-hydrogen) atoms. The van der Waals surface area contributed by atoms with Gasteiger partial charge in [0.2, 0.25) is 5.91 Å². The van der Waals surface area contributed by atoms with Gasteiger partial charge in [0, 0.05) is 18.5 Å². The molecule has 1 amide bonds. The van der Waals surface area contributed by atoms with Crippen LogP contribution in [0.25, 0.3) is 0 Å². The number of hydrogen-bond acceptors (Lipinski definition) is 2. The van der Waals surface area contributed by atoms with E-state index in [1.54, 1.807) is 11.0 Å². The highest BCUT2D eigenvalue weighted by Crippen LogP contribution is 2.34. The quantitative estimate of drug-likeness (QED) is 0.826. The third-order valence-corrected chi connectivity index (χ3v) is 5.40. The number of halogens is 4. The molecule has 3 nitrogen and oxygen atoms in total. The summed E-state index contributed by atoms with van der Waals surface area (Å²) in [5, 5.41) is 3.24. The van der Waals surface area contributed by atoms with Gasteiger partial charge in [-0.2, -0.15) is 13.2 Å². The Balaban J connectivity index is 0.00000243. The minimum Gasteiger partial charge on any atom is -0.335 e. The van der Waals surface area contributed by atoms with Crippen LogP contribution in [-0.4, -0.2) is 29.9 Å². The molecule has 1 aromatic rings. The van der Waals surface area contributed by atoms with Crippen LogP contribution in [0.4, 0.5) is 13.2 Å². The number of piperidine rings is 1. The summed E-state index contributed by atoms with van der Waals surface area (Å²) in [6.45, 7) is 1.66. The van der Waals surface area contributed by atoms with Crippen LogP contribution >= 0.6 is 12.4 Å². The van der Waals surface area contributed by atoms with Crippen molar-refractivity contribution in [1.82, 2.24) is 10.2 Å². The summed E-state index contributed by atoms with van der Waals surface area (Å²) in [6, 6.07) is 5.70. The molecule has 1 aliphatic carbocycles. The monoisotopic (exact) mass is 390 g/mol. The van der Waals surface area contributed by atoms with Gasteiger partial charge in [0.25, 0.3) is 0 Å². The smallest absolute Gasteiger partial charge is 0.335 e. The van der Waals surface area contributed by atoms with Crippen LogP contribution in [0.3, 0.4) is 0 Å². The molecule has 0 atom stereocenters. The van der Waals surface area contributed by atoms with Gasteiger partial charge in [-0.1, -0.05) is 31.0 Å². The number of carbonyl (C=O) groups is 1. The molecule has 1 aliphatic heterocycles. The van der Waals surface area contributed by atoms with E-state index in [1.165, 1.54) is 12.1 Å². The van der Waals surface area contributed by atoms with Crippen LogP contribution < -0.4 is 5.32 Å². The van der Waals surface area contributed by atoms with Gasteiger partial charge in [-0.25, -0.2) is 0 Å². The maximum absolute atomic E-state index is 13.3. The first kappa shape index (κ1) is 21.0. The Morgan fingerprint density at radius 3 is 2.31 bits per heavy atom. The topological polar surface area (TPSA) is 32.3 Å². The molecule has 2 fully saturated rings. The highest BCUT2D eigenvalue weighted by Gasteiger charge is 2.36. The van der Waals surface area contributed by atoms with E-state index in [-0.39, 0.29) is 42.4 Å². The lowest BCUT2D eigenvalue weighted by Gasteiger charge is -2.34. The molecule has 7 heteroatoms. The van der Waals surface area contributed by atoms with Gasteiger partial charge in [0.05, 0.1) is 5.56 Å². The number of rotatable bonds is 4. The Morgan fingerprint density at radius 2 is 1.69 bits per heavy atom. The van der Waals surface area contributed by atoms with E-state index in [9.17, 15) is 18.0 Å². The number of nitrogens with zero attached hydrogens (tertiary/aromatic N) is 1. The Morgan fingerprint density at radius 1 is 1.08 bits per heavy atom. The standard InChI is InChI=1S/C19H25F3N2O.ClH/c20-19(21,22)17-8-4-1-5-15(17)13-24(16-6-2-3-7-16)18(25)14-9-11-23-12-10-14;/h1,4-5,8,14,16,23H,2-3,6-7,9-13H2;1H. The summed E-state index contributed by atoms with van der Waals surface area (Å²) in [5.74, 6) is -0.0368. The van der Waals surface area contributed by atoms with Crippen LogP contribution in [0.15, 0.2) is 24.3 Å². The maximum atomic E-state index is 13.3. The van der Waals surface area contributed by atoms with E-state index >= 15 is 0 Å². The fourth-order valence-corrected chi connectivity index (χ4v) is 4.02. The highest BCUT2D eigenvalue weighted by molar-refractivity contribution is 5.85. The lowest BCUT2D eigenvalue weighted by atomic mass is 9.95. The maximum Gasteiger partial charge on any atom is 0.416 e. The van der Waals surface area contributed by atoms with Crippen molar-refractivity contribution in [1.29, 1.82) is 0 Å². The van der Waals surface area contributed by atoms with Crippen molar-refractivity contribution >= 4 is 18.3 Å². The summed E-state index contributed by atoms with van der Waals surface area (Å²) in [6.07, 6.45) is 1.01. The average Bonchev–Trinajstić information content (AvgIpc) is 3.13. The second kappa shape index (κ2) is 9.09. The molecule has 1 saturated heterocycles. The Kier molecular flexibility index (Phi) is 7.35. The van der Waals surface area contributed by atoms with Crippen LogP contribution in [0.1, 0.15) is 49.7 Å². The Labute approximate surface area is 158 Å². The van der Waals surface area contributed by atoms with E-state index < -0.39 is 11.7 Å².